The molecule has 1 aliphatic heterocycles. The van der Waals surface area contributed by atoms with Crippen LogP contribution >= 0.6 is 0 Å². The topological polar surface area (TPSA) is 114 Å². The fourth-order valence-electron chi connectivity index (χ4n) is 4.48. The van der Waals surface area contributed by atoms with Gasteiger partial charge in [0.25, 0.3) is 0 Å². The highest BCUT2D eigenvalue weighted by atomic mass is 16.5. The van der Waals surface area contributed by atoms with E-state index in [2.05, 4.69) is 22.8 Å². The molecule has 1 saturated heterocycles. The number of nitrogens with one attached hydrogen (secondary N) is 2. The van der Waals surface area contributed by atoms with E-state index in [0.29, 0.717) is 13.2 Å². The monoisotopic (exact) mass is 452 g/mol. The number of carbonyl (C=O) groups excluding carboxylic acids is 2. The van der Waals surface area contributed by atoms with Gasteiger partial charge < -0.3 is 25.2 Å². The number of aliphatic carboxylic acids is 1. The molecule has 0 saturated carbocycles. The van der Waals surface area contributed by atoms with Crippen molar-refractivity contribution >= 4 is 18.0 Å². The van der Waals surface area contributed by atoms with Crippen LogP contribution in [0.2, 0.25) is 0 Å². The second-order valence-electron chi connectivity index (χ2n) is 8.38. The molecule has 1 heterocycles. The van der Waals surface area contributed by atoms with Crippen LogP contribution in [0.3, 0.4) is 0 Å². The number of hydrogen-bond donors (Lipinski definition) is 3. The number of hydrogen-bond acceptors (Lipinski definition) is 5. The summed E-state index contributed by atoms with van der Waals surface area (Å²) in [5, 5.41) is 14.4. The number of alkyl carbamates (subject to hydrolysis) is 1. The molecule has 0 spiro atoms. The minimum atomic E-state index is -1.04. The predicted octanol–water partition coefficient (Wildman–Crippen LogP) is 3.05. The average molecular weight is 453 g/mol. The molecule has 2 amide bonds. The maximum atomic E-state index is 12.7. The highest BCUT2D eigenvalue weighted by Crippen LogP contribution is 2.44. The number of benzene rings is 2. The minimum absolute atomic E-state index is 0.0288. The first-order chi connectivity index (χ1) is 16.0. The number of carboxylic acid groups (broad SMARTS) is 1. The molecule has 2 aromatic carbocycles. The van der Waals surface area contributed by atoms with E-state index in [1.807, 2.05) is 36.4 Å². The lowest BCUT2D eigenvalue weighted by molar-refractivity contribution is -0.137. The first-order valence-electron chi connectivity index (χ1n) is 11.2. The second kappa shape index (κ2) is 10.5. The third-order valence-corrected chi connectivity index (χ3v) is 6.11. The Bertz CT molecular complexity index is 972. The number of ether oxygens (including phenoxy) is 2. The van der Waals surface area contributed by atoms with Gasteiger partial charge in [0, 0.05) is 18.9 Å². The quantitative estimate of drug-likeness (QED) is 0.567. The maximum absolute atomic E-state index is 12.7. The van der Waals surface area contributed by atoms with Crippen LogP contribution in [-0.2, 0) is 19.1 Å². The Kier molecular flexibility index (Phi) is 7.24. The van der Waals surface area contributed by atoms with Crippen molar-refractivity contribution in [3.05, 3.63) is 59.7 Å². The summed E-state index contributed by atoms with van der Waals surface area (Å²) in [5.41, 5.74) is 4.42. The van der Waals surface area contributed by atoms with Crippen molar-refractivity contribution in [3.8, 4) is 11.1 Å². The summed E-state index contributed by atoms with van der Waals surface area (Å²) >= 11 is 0. The highest BCUT2D eigenvalue weighted by molar-refractivity contribution is 5.86. The van der Waals surface area contributed by atoms with E-state index < -0.39 is 24.0 Å². The Morgan fingerprint density at radius 1 is 1.06 bits per heavy atom. The van der Waals surface area contributed by atoms with Crippen LogP contribution in [-0.4, -0.2) is 55.0 Å². The molecule has 1 aliphatic carbocycles. The normalized spacial score (nSPS) is 18.0. The Morgan fingerprint density at radius 2 is 1.73 bits per heavy atom. The molecule has 0 bridgehead atoms. The molecule has 3 N–H and O–H groups in total. The van der Waals surface area contributed by atoms with Crippen molar-refractivity contribution in [1.29, 1.82) is 0 Å². The molecule has 0 aromatic heterocycles. The Labute approximate surface area is 192 Å². The van der Waals surface area contributed by atoms with Crippen molar-refractivity contribution in [2.75, 3.05) is 19.8 Å². The lowest BCUT2D eigenvalue weighted by Gasteiger charge is -2.26. The zero-order valence-electron chi connectivity index (χ0n) is 18.3. The maximum Gasteiger partial charge on any atom is 0.407 e. The number of carbonyl (C=O) groups is 3. The van der Waals surface area contributed by atoms with E-state index in [1.54, 1.807) is 0 Å². The molecule has 2 aliphatic rings. The van der Waals surface area contributed by atoms with Crippen molar-refractivity contribution in [1.82, 2.24) is 10.6 Å². The molecular formula is C25H28N2O6. The summed E-state index contributed by atoms with van der Waals surface area (Å²) < 4.78 is 10.9. The number of carboxylic acids is 1. The largest absolute Gasteiger partial charge is 0.481 e. The van der Waals surface area contributed by atoms with E-state index in [4.69, 9.17) is 14.6 Å². The average Bonchev–Trinajstić information content (AvgIpc) is 3.14. The van der Waals surface area contributed by atoms with Gasteiger partial charge in [0.15, 0.2) is 0 Å². The van der Waals surface area contributed by atoms with Crippen LogP contribution in [0, 0.1) is 0 Å². The second-order valence-corrected chi connectivity index (χ2v) is 8.38. The summed E-state index contributed by atoms with van der Waals surface area (Å²) in [6, 6.07) is 14.9. The van der Waals surface area contributed by atoms with Gasteiger partial charge in [0.2, 0.25) is 5.91 Å². The van der Waals surface area contributed by atoms with Crippen molar-refractivity contribution in [2.24, 2.45) is 0 Å². The predicted molar refractivity (Wildman–Crippen MR) is 121 cm³/mol. The van der Waals surface area contributed by atoms with Crippen LogP contribution in [0.4, 0.5) is 4.79 Å². The molecule has 2 atom stereocenters. The SMILES string of the molecule is O=C(O)CCC(NC(=O)OCC1c2ccccc2-c2ccccc21)C(=O)NC1CCCOC1. The lowest BCUT2D eigenvalue weighted by Crippen LogP contribution is -2.51. The van der Waals surface area contributed by atoms with Gasteiger partial charge >= 0.3 is 12.1 Å². The van der Waals surface area contributed by atoms with Crippen LogP contribution in [0.1, 0.15) is 42.7 Å². The van der Waals surface area contributed by atoms with Gasteiger partial charge in [-0.2, -0.15) is 0 Å². The van der Waals surface area contributed by atoms with E-state index in [-0.39, 0.29) is 31.4 Å². The molecule has 8 heteroatoms. The number of amides is 2. The molecule has 0 radical (unpaired) electrons. The van der Waals surface area contributed by atoms with Crippen molar-refractivity contribution in [2.45, 2.75) is 43.7 Å². The molecule has 4 rings (SSSR count). The molecule has 8 nitrogen and oxygen atoms in total. The van der Waals surface area contributed by atoms with Crippen LogP contribution in [0.25, 0.3) is 11.1 Å². The van der Waals surface area contributed by atoms with Gasteiger partial charge in [-0.15, -0.1) is 0 Å². The van der Waals surface area contributed by atoms with Crippen molar-refractivity contribution in [3.63, 3.8) is 0 Å². The van der Waals surface area contributed by atoms with E-state index in [1.165, 1.54) is 0 Å². The Hall–Kier alpha value is -3.39. The summed E-state index contributed by atoms with van der Waals surface area (Å²) in [5.74, 6) is -1.57. The van der Waals surface area contributed by atoms with Crippen LogP contribution in [0.15, 0.2) is 48.5 Å². The fraction of sp³-hybridized carbons (Fsp3) is 0.400. The van der Waals surface area contributed by atoms with Crippen LogP contribution in [0.5, 0.6) is 0 Å². The van der Waals surface area contributed by atoms with Gasteiger partial charge in [-0.05, 0) is 41.5 Å². The first kappa shape index (κ1) is 22.8. The molecule has 1 fully saturated rings. The standard InChI is InChI=1S/C25H28N2O6/c28-23(29)12-11-22(24(30)26-16-6-5-13-32-14-16)27-25(31)33-15-21-19-9-3-1-7-17(19)18-8-2-4-10-20(18)21/h1-4,7-10,16,21-22H,5-6,11-15H2,(H,26,30)(H,27,31)(H,28,29). The van der Waals surface area contributed by atoms with Gasteiger partial charge in [-0.1, -0.05) is 48.5 Å². The Morgan fingerprint density at radius 3 is 2.33 bits per heavy atom. The molecular weight excluding hydrogens is 424 g/mol. The summed E-state index contributed by atoms with van der Waals surface area (Å²) in [7, 11) is 0. The van der Waals surface area contributed by atoms with Crippen LogP contribution < -0.4 is 10.6 Å². The zero-order chi connectivity index (χ0) is 23.2. The minimum Gasteiger partial charge on any atom is -0.481 e. The van der Waals surface area contributed by atoms with E-state index in [9.17, 15) is 14.4 Å². The first-order valence-corrected chi connectivity index (χ1v) is 11.2. The summed E-state index contributed by atoms with van der Waals surface area (Å²) in [6.07, 6.45) is 0.594. The van der Waals surface area contributed by atoms with Gasteiger partial charge in [0.1, 0.15) is 12.6 Å². The molecule has 2 unspecified atom stereocenters. The number of rotatable bonds is 8. The molecule has 2 aromatic rings. The van der Waals surface area contributed by atoms with E-state index in [0.717, 1.165) is 35.1 Å². The number of fused-ring (bicyclic) bond motifs is 3. The third-order valence-electron chi connectivity index (χ3n) is 6.11. The highest BCUT2D eigenvalue weighted by Gasteiger charge is 2.30. The Balaban J connectivity index is 1.39. The summed E-state index contributed by atoms with van der Waals surface area (Å²) in [6.45, 7) is 1.18. The fourth-order valence-corrected chi connectivity index (χ4v) is 4.48. The smallest absolute Gasteiger partial charge is 0.407 e. The van der Waals surface area contributed by atoms with E-state index >= 15 is 0 Å². The van der Waals surface area contributed by atoms with Gasteiger partial charge in [0.05, 0.1) is 12.6 Å². The molecule has 174 valence electrons. The summed E-state index contributed by atoms with van der Waals surface area (Å²) in [4.78, 5) is 36.3. The van der Waals surface area contributed by atoms with Gasteiger partial charge in [-0.3, -0.25) is 9.59 Å². The third kappa shape index (κ3) is 5.51. The zero-order valence-corrected chi connectivity index (χ0v) is 18.3. The molecule has 33 heavy (non-hydrogen) atoms. The lowest BCUT2D eigenvalue weighted by atomic mass is 9.98. The van der Waals surface area contributed by atoms with Gasteiger partial charge in [-0.25, -0.2) is 4.79 Å². The van der Waals surface area contributed by atoms with Crippen molar-refractivity contribution < 1.29 is 29.0 Å².